The van der Waals surface area contributed by atoms with Gasteiger partial charge in [-0.15, -0.1) is 0 Å². The smallest absolute Gasteiger partial charge is 0.454 e. The summed E-state index contributed by atoms with van der Waals surface area (Å²) < 4.78 is 62.6. The Hall–Kier alpha value is -3.53. The Morgan fingerprint density at radius 3 is 2.25 bits per heavy atom. The maximum absolute atomic E-state index is 14.1. The molecule has 0 saturated heterocycles. The topological polar surface area (TPSA) is 72.8 Å². The number of hydrogen-bond acceptors (Lipinski definition) is 5. The van der Waals surface area contributed by atoms with Gasteiger partial charge in [0.15, 0.2) is 11.6 Å². The number of carboxylic acids is 1. The van der Waals surface area contributed by atoms with Crippen molar-refractivity contribution in [1.29, 1.82) is 0 Å². The summed E-state index contributed by atoms with van der Waals surface area (Å²) in [6.07, 6.45) is -1.78. The molecular formula is C30H30F4O5S. The normalized spacial score (nSPS) is 12.1. The molecule has 0 bridgehead atoms. The third-order valence-corrected chi connectivity index (χ3v) is 7.28. The van der Waals surface area contributed by atoms with Gasteiger partial charge in [0.2, 0.25) is 0 Å². The first-order valence-electron chi connectivity index (χ1n) is 12.8. The van der Waals surface area contributed by atoms with E-state index in [4.69, 9.17) is 14.6 Å². The van der Waals surface area contributed by atoms with E-state index >= 15 is 0 Å². The highest BCUT2D eigenvalue weighted by molar-refractivity contribution is 7.99. The number of halogens is 4. The summed E-state index contributed by atoms with van der Waals surface area (Å²) >= 11 is 1.63. The van der Waals surface area contributed by atoms with Crippen molar-refractivity contribution >= 4 is 23.5 Å². The Morgan fingerprint density at radius 2 is 1.60 bits per heavy atom. The molecule has 0 aliphatic rings. The van der Waals surface area contributed by atoms with Gasteiger partial charge in [-0.1, -0.05) is 42.5 Å². The van der Waals surface area contributed by atoms with Crippen molar-refractivity contribution in [1.82, 2.24) is 0 Å². The first kappa shape index (κ1) is 31.0. The average Bonchev–Trinajstić information content (AvgIpc) is 2.92. The summed E-state index contributed by atoms with van der Waals surface area (Å²) in [6.45, 7) is 0.324. The summed E-state index contributed by atoms with van der Waals surface area (Å²) in [7, 11) is 0. The second kappa shape index (κ2) is 15.3. The highest BCUT2D eigenvalue weighted by Crippen LogP contribution is 2.35. The molecule has 5 nitrogen and oxygen atoms in total. The van der Waals surface area contributed by atoms with Gasteiger partial charge in [-0.3, -0.25) is 9.59 Å². The number of thioether (sulfide) groups is 1. The SMILES string of the molecule is O=C(O)CCSC(CCCc1ccccc1)c1ccc(OCCCOc2ccc(C(=O)C(F)(F)F)cc2F)cc1. The van der Waals surface area contributed by atoms with E-state index in [0.717, 1.165) is 37.0 Å². The minimum absolute atomic E-state index is 0.0608. The Balaban J connectivity index is 1.46. The summed E-state index contributed by atoms with van der Waals surface area (Å²) in [6, 6.07) is 20.2. The van der Waals surface area contributed by atoms with Crippen LogP contribution in [0.4, 0.5) is 17.6 Å². The van der Waals surface area contributed by atoms with Crippen LogP contribution in [-0.2, 0) is 11.2 Å². The van der Waals surface area contributed by atoms with Crippen molar-refractivity contribution in [3.05, 3.63) is 95.3 Å². The van der Waals surface area contributed by atoms with Crippen molar-refractivity contribution in [3.63, 3.8) is 0 Å². The van der Waals surface area contributed by atoms with E-state index in [1.165, 1.54) is 5.56 Å². The quantitative estimate of drug-likeness (QED) is 0.107. The van der Waals surface area contributed by atoms with Crippen LogP contribution in [0.15, 0.2) is 72.8 Å². The zero-order valence-electron chi connectivity index (χ0n) is 21.7. The molecule has 214 valence electrons. The van der Waals surface area contributed by atoms with E-state index in [1.807, 2.05) is 42.5 Å². The number of hydrogen-bond donors (Lipinski definition) is 1. The highest BCUT2D eigenvalue weighted by atomic mass is 32.2. The predicted octanol–water partition coefficient (Wildman–Crippen LogP) is 7.69. The fraction of sp³-hybridized carbons (Fsp3) is 0.333. The minimum Gasteiger partial charge on any atom is -0.493 e. The number of aryl methyl sites for hydroxylation is 1. The molecule has 40 heavy (non-hydrogen) atoms. The zero-order chi connectivity index (χ0) is 29.0. The molecule has 3 rings (SSSR count). The number of benzene rings is 3. The lowest BCUT2D eigenvalue weighted by molar-refractivity contribution is -0.136. The molecule has 0 saturated carbocycles. The van der Waals surface area contributed by atoms with Crippen LogP contribution < -0.4 is 9.47 Å². The van der Waals surface area contributed by atoms with Gasteiger partial charge in [0.1, 0.15) is 5.75 Å². The zero-order valence-corrected chi connectivity index (χ0v) is 22.5. The molecule has 1 N–H and O–H groups in total. The van der Waals surface area contributed by atoms with Gasteiger partial charge in [-0.05, 0) is 60.7 Å². The molecule has 0 spiro atoms. The molecule has 0 fully saturated rings. The van der Waals surface area contributed by atoms with Gasteiger partial charge >= 0.3 is 12.1 Å². The maximum Gasteiger partial charge on any atom is 0.454 e. The van der Waals surface area contributed by atoms with Gasteiger partial charge in [0.05, 0.1) is 19.6 Å². The average molecular weight is 579 g/mol. The highest BCUT2D eigenvalue weighted by Gasteiger charge is 2.39. The summed E-state index contributed by atoms with van der Waals surface area (Å²) in [5.74, 6) is -3.09. The van der Waals surface area contributed by atoms with Gasteiger partial charge in [0, 0.05) is 23.0 Å². The van der Waals surface area contributed by atoms with E-state index in [9.17, 15) is 27.2 Å². The van der Waals surface area contributed by atoms with Crippen molar-refractivity contribution in [2.45, 2.75) is 43.5 Å². The lowest BCUT2D eigenvalue weighted by atomic mass is 10.0. The van der Waals surface area contributed by atoms with E-state index < -0.39 is 29.3 Å². The number of ketones is 1. The summed E-state index contributed by atoms with van der Waals surface area (Å²) in [5, 5.41) is 9.16. The maximum atomic E-state index is 14.1. The molecule has 1 atom stereocenters. The number of carbonyl (C=O) groups is 2. The molecule has 1 unspecified atom stereocenters. The number of rotatable bonds is 16. The van der Waals surface area contributed by atoms with Crippen molar-refractivity contribution in [2.75, 3.05) is 19.0 Å². The molecule has 0 radical (unpaired) electrons. The van der Waals surface area contributed by atoms with E-state index in [1.54, 1.807) is 11.8 Å². The van der Waals surface area contributed by atoms with Gasteiger partial charge in [0.25, 0.3) is 5.78 Å². The number of carbonyl (C=O) groups excluding carboxylic acids is 1. The van der Waals surface area contributed by atoms with Crippen LogP contribution in [0.25, 0.3) is 0 Å². The second-order valence-corrected chi connectivity index (χ2v) is 10.3. The summed E-state index contributed by atoms with van der Waals surface area (Å²) in [4.78, 5) is 22.2. The number of carboxylic acid groups (broad SMARTS) is 1. The van der Waals surface area contributed by atoms with Crippen LogP contribution in [0.5, 0.6) is 11.5 Å². The Morgan fingerprint density at radius 1 is 0.900 bits per heavy atom. The van der Waals surface area contributed by atoms with E-state index in [0.29, 0.717) is 24.0 Å². The van der Waals surface area contributed by atoms with Gasteiger partial charge < -0.3 is 14.6 Å². The third kappa shape index (κ3) is 10.2. The van der Waals surface area contributed by atoms with Crippen LogP contribution >= 0.6 is 11.8 Å². The van der Waals surface area contributed by atoms with E-state index in [2.05, 4.69) is 12.1 Å². The largest absolute Gasteiger partial charge is 0.493 e. The molecule has 0 heterocycles. The number of aliphatic carboxylic acids is 1. The standard InChI is InChI=1S/C30H30F4O5S/c31-25-20-23(29(37)30(32,33)34)12-15-26(25)39-18-5-17-38-24-13-10-22(11-14-24)27(40-19-16-28(35)36)9-4-8-21-6-2-1-3-7-21/h1-3,6-7,10-15,20,27H,4-5,8-9,16-19H2,(H,35,36). The molecule has 3 aromatic rings. The third-order valence-electron chi connectivity index (χ3n) is 5.93. The second-order valence-electron chi connectivity index (χ2n) is 8.97. The van der Waals surface area contributed by atoms with Gasteiger partial charge in [-0.2, -0.15) is 24.9 Å². The predicted molar refractivity (Wildman–Crippen MR) is 146 cm³/mol. The van der Waals surface area contributed by atoms with Gasteiger partial charge in [-0.25, -0.2) is 4.39 Å². The first-order valence-corrected chi connectivity index (χ1v) is 13.8. The molecule has 0 amide bonds. The number of alkyl halides is 3. The molecule has 10 heteroatoms. The Kier molecular flexibility index (Phi) is 11.9. The number of ether oxygens (including phenoxy) is 2. The van der Waals surface area contributed by atoms with Crippen molar-refractivity contribution in [2.24, 2.45) is 0 Å². The minimum atomic E-state index is -5.08. The molecular weight excluding hydrogens is 548 g/mol. The molecule has 0 aliphatic carbocycles. The fourth-order valence-electron chi connectivity index (χ4n) is 3.90. The summed E-state index contributed by atoms with van der Waals surface area (Å²) in [5.41, 5.74) is 1.56. The van der Waals surface area contributed by atoms with E-state index in [-0.39, 0.29) is 30.6 Å². The molecule has 0 aliphatic heterocycles. The van der Waals surface area contributed by atoms with Crippen LogP contribution in [0.3, 0.4) is 0 Å². The van der Waals surface area contributed by atoms with Crippen molar-refractivity contribution in [3.8, 4) is 11.5 Å². The van der Waals surface area contributed by atoms with Crippen LogP contribution in [0.1, 0.15) is 52.4 Å². The fourth-order valence-corrected chi connectivity index (χ4v) is 5.16. The number of Topliss-reactive ketones (excluding diaryl/α,β-unsaturated/α-hetero) is 1. The lowest BCUT2D eigenvalue weighted by Crippen LogP contribution is -2.22. The van der Waals surface area contributed by atoms with Crippen LogP contribution in [0, 0.1) is 5.82 Å². The Labute approximate surface area is 234 Å². The monoisotopic (exact) mass is 578 g/mol. The Bertz CT molecular complexity index is 1230. The van der Waals surface area contributed by atoms with Crippen LogP contribution in [-0.4, -0.2) is 42.0 Å². The lowest BCUT2D eigenvalue weighted by Gasteiger charge is -2.17. The molecule has 0 aromatic heterocycles. The molecule has 3 aromatic carbocycles. The first-order chi connectivity index (χ1) is 19.1. The van der Waals surface area contributed by atoms with Crippen LogP contribution in [0.2, 0.25) is 0 Å². The van der Waals surface area contributed by atoms with Crippen molar-refractivity contribution < 1.29 is 41.7 Å².